The molecule has 2 aliphatic heterocycles. The predicted molar refractivity (Wildman–Crippen MR) is 92.5 cm³/mol. The summed E-state index contributed by atoms with van der Waals surface area (Å²) < 4.78 is 17.3. The van der Waals surface area contributed by atoms with Crippen molar-refractivity contribution in [1.29, 1.82) is 0 Å². The van der Waals surface area contributed by atoms with Crippen LogP contribution in [0.1, 0.15) is 41.1 Å². The summed E-state index contributed by atoms with van der Waals surface area (Å²) in [4.78, 5) is 18.5. The third kappa shape index (κ3) is 3.64. The highest BCUT2D eigenvalue weighted by Crippen LogP contribution is 2.36. The number of carbonyl (C=O) groups excluding carboxylic acids is 1. The smallest absolute Gasteiger partial charge is 0.292 e. The molecule has 138 valence electrons. The normalized spacial score (nSPS) is 25.7. The van der Waals surface area contributed by atoms with Crippen molar-refractivity contribution < 1.29 is 18.8 Å². The number of carbonyl (C=O) groups is 1. The van der Waals surface area contributed by atoms with E-state index < -0.39 is 0 Å². The lowest BCUT2D eigenvalue weighted by Crippen LogP contribution is -2.50. The summed E-state index contributed by atoms with van der Waals surface area (Å²) in [6, 6.07) is 5.58. The van der Waals surface area contributed by atoms with E-state index in [1.165, 1.54) is 0 Å². The lowest BCUT2D eigenvalue weighted by molar-refractivity contribution is -0.0472. The number of piperidine rings is 1. The molecule has 2 fully saturated rings. The van der Waals surface area contributed by atoms with E-state index in [4.69, 9.17) is 14.0 Å². The first-order valence-electron chi connectivity index (χ1n) is 9.01. The van der Waals surface area contributed by atoms with Gasteiger partial charge in [0.1, 0.15) is 0 Å². The maximum atomic E-state index is 12.6. The van der Waals surface area contributed by atoms with Gasteiger partial charge in [0.05, 0.1) is 37.2 Å². The van der Waals surface area contributed by atoms with Crippen molar-refractivity contribution in [2.75, 3.05) is 19.7 Å². The average Bonchev–Trinajstić information content (AvgIpc) is 3.27. The second-order valence-electron chi connectivity index (χ2n) is 7.15. The van der Waals surface area contributed by atoms with Gasteiger partial charge in [-0.2, -0.15) is 0 Å². The minimum atomic E-state index is -0.314. The molecule has 0 aromatic carbocycles. The molecule has 7 nitrogen and oxygen atoms in total. The Balaban J connectivity index is 1.35. The van der Waals surface area contributed by atoms with E-state index >= 15 is 0 Å². The highest BCUT2D eigenvalue weighted by molar-refractivity contribution is 5.91. The van der Waals surface area contributed by atoms with Crippen LogP contribution < -0.4 is 0 Å². The van der Waals surface area contributed by atoms with Crippen LogP contribution in [0.3, 0.4) is 0 Å². The molecule has 0 aliphatic carbocycles. The van der Waals surface area contributed by atoms with Crippen molar-refractivity contribution in [3.05, 3.63) is 47.6 Å². The highest BCUT2D eigenvalue weighted by Gasteiger charge is 2.45. The molecular formula is C19H23N3O4. The Labute approximate surface area is 152 Å². The van der Waals surface area contributed by atoms with E-state index in [2.05, 4.69) is 10.1 Å². The molecule has 2 aromatic heterocycles. The van der Waals surface area contributed by atoms with E-state index in [9.17, 15) is 4.79 Å². The number of rotatable bonds is 4. The number of nitrogens with zero attached hydrogens (tertiary/aromatic N) is 3. The van der Waals surface area contributed by atoms with Gasteiger partial charge in [0.25, 0.3) is 5.91 Å². The first-order valence-corrected chi connectivity index (χ1v) is 9.01. The highest BCUT2D eigenvalue weighted by atomic mass is 16.6. The molecule has 2 aromatic rings. The van der Waals surface area contributed by atoms with E-state index in [1.807, 2.05) is 24.0 Å². The van der Waals surface area contributed by atoms with Crippen LogP contribution in [0.25, 0.3) is 0 Å². The molecule has 0 saturated carbocycles. The van der Waals surface area contributed by atoms with Crippen molar-refractivity contribution in [3.8, 4) is 0 Å². The zero-order valence-electron chi connectivity index (χ0n) is 14.9. The summed E-state index contributed by atoms with van der Waals surface area (Å²) in [7, 11) is 0. The summed E-state index contributed by atoms with van der Waals surface area (Å²) in [6.07, 6.45) is 6.24. The maximum Gasteiger partial charge on any atom is 0.292 e. The monoisotopic (exact) mass is 357 g/mol. The zero-order valence-corrected chi connectivity index (χ0v) is 14.9. The zero-order chi connectivity index (χ0) is 18.0. The van der Waals surface area contributed by atoms with Crippen LogP contribution in [0, 0.1) is 6.92 Å². The summed E-state index contributed by atoms with van der Waals surface area (Å²) in [5, 5.41) is 3.81. The molecule has 4 heterocycles. The molecule has 2 aliphatic rings. The number of aryl methyl sites for hydroxylation is 1. The van der Waals surface area contributed by atoms with Crippen LogP contribution in [-0.2, 0) is 16.1 Å². The molecule has 7 heteroatoms. The van der Waals surface area contributed by atoms with E-state index in [0.29, 0.717) is 37.8 Å². The fourth-order valence-electron chi connectivity index (χ4n) is 3.78. The van der Waals surface area contributed by atoms with E-state index in [0.717, 1.165) is 24.8 Å². The van der Waals surface area contributed by atoms with Gasteiger partial charge in [-0.15, -0.1) is 0 Å². The lowest BCUT2D eigenvalue weighted by Gasteiger charge is -2.39. The largest absolute Gasteiger partial charge is 0.371 e. The van der Waals surface area contributed by atoms with Crippen LogP contribution in [0.4, 0.5) is 0 Å². The number of likely N-dealkylation sites (tertiary alicyclic amines) is 1. The van der Waals surface area contributed by atoms with Gasteiger partial charge in [0, 0.05) is 31.4 Å². The Morgan fingerprint density at radius 2 is 2.27 bits per heavy atom. The summed E-state index contributed by atoms with van der Waals surface area (Å²) >= 11 is 0. The standard InChI is InChI=1S/C19H23N3O4/c1-14-9-17(26-21-14)18(23)22-8-2-5-19(13-22)10-16(12-25-19)24-11-15-3-6-20-7-4-15/h3-4,6-7,9,16H,2,5,8,10-13H2,1H3/t16-,19-/m0/s1. The Morgan fingerprint density at radius 1 is 1.42 bits per heavy atom. The van der Waals surface area contributed by atoms with Crippen LogP contribution >= 0.6 is 0 Å². The van der Waals surface area contributed by atoms with Gasteiger partial charge < -0.3 is 18.9 Å². The maximum absolute atomic E-state index is 12.6. The Bertz CT molecular complexity index is 763. The Kier molecular flexibility index (Phi) is 4.74. The lowest BCUT2D eigenvalue weighted by atomic mass is 9.89. The number of ether oxygens (including phenoxy) is 2. The van der Waals surface area contributed by atoms with Crippen LogP contribution in [0.15, 0.2) is 35.1 Å². The molecule has 2 saturated heterocycles. The first-order chi connectivity index (χ1) is 12.6. The molecule has 0 bridgehead atoms. The minimum absolute atomic E-state index is 0.0470. The fraction of sp³-hybridized carbons (Fsp3) is 0.526. The number of aromatic nitrogens is 2. The van der Waals surface area contributed by atoms with Crippen molar-refractivity contribution >= 4 is 5.91 Å². The Hall–Kier alpha value is -2.25. The second kappa shape index (κ2) is 7.17. The molecular weight excluding hydrogens is 334 g/mol. The number of hydrogen-bond acceptors (Lipinski definition) is 6. The van der Waals surface area contributed by atoms with Gasteiger partial charge in [0.2, 0.25) is 5.76 Å². The molecule has 4 rings (SSSR count). The SMILES string of the molecule is Cc1cc(C(=O)N2CCC[C@]3(C[C@H](OCc4ccncc4)CO3)C2)on1. The quantitative estimate of drug-likeness (QED) is 0.836. The fourth-order valence-corrected chi connectivity index (χ4v) is 3.78. The van der Waals surface area contributed by atoms with Crippen molar-refractivity contribution in [1.82, 2.24) is 15.0 Å². The third-order valence-corrected chi connectivity index (χ3v) is 5.08. The topological polar surface area (TPSA) is 77.7 Å². The van der Waals surface area contributed by atoms with Crippen LogP contribution in [0.5, 0.6) is 0 Å². The Morgan fingerprint density at radius 3 is 3.04 bits per heavy atom. The molecule has 2 atom stereocenters. The summed E-state index contributed by atoms with van der Waals surface area (Å²) in [5.41, 5.74) is 1.50. The van der Waals surface area contributed by atoms with Gasteiger partial charge in [-0.25, -0.2) is 0 Å². The third-order valence-electron chi connectivity index (χ3n) is 5.08. The van der Waals surface area contributed by atoms with Gasteiger partial charge in [0.15, 0.2) is 0 Å². The van der Waals surface area contributed by atoms with E-state index in [1.54, 1.807) is 18.5 Å². The molecule has 1 spiro atoms. The van der Waals surface area contributed by atoms with Crippen LogP contribution in [0.2, 0.25) is 0 Å². The predicted octanol–water partition coefficient (Wildman–Crippen LogP) is 2.36. The number of pyridine rings is 1. The number of amides is 1. The molecule has 0 unspecified atom stereocenters. The summed E-state index contributed by atoms with van der Waals surface area (Å²) in [5.74, 6) is 0.178. The number of hydrogen-bond donors (Lipinski definition) is 0. The van der Waals surface area contributed by atoms with E-state index in [-0.39, 0.29) is 17.6 Å². The van der Waals surface area contributed by atoms with Gasteiger partial charge in [-0.1, -0.05) is 5.16 Å². The molecule has 26 heavy (non-hydrogen) atoms. The van der Waals surface area contributed by atoms with Gasteiger partial charge in [-0.05, 0) is 37.5 Å². The van der Waals surface area contributed by atoms with Crippen molar-refractivity contribution in [3.63, 3.8) is 0 Å². The average molecular weight is 357 g/mol. The molecule has 1 amide bonds. The minimum Gasteiger partial charge on any atom is -0.371 e. The van der Waals surface area contributed by atoms with Crippen molar-refractivity contribution in [2.24, 2.45) is 0 Å². The van der Waals surface area contributed by atoms with Gasteiger partial charge >= 0.3 is 0 Å². The van der Waals surface area contributed by atoms with Crippen LogP contribution in [-0.4, -0.2) is 52.3 Å². The second-order valence-corrected chi connectivity index (χ2v) is 7.15. The van der Waals surface area contributed by atoms with Crippen molar-refractivity contribution in [2.45, 2.75) is 44.5 Å². The summed E-state index contributed by atoms with van der Waals surface area (Å²) in [6.45, 7) is 4.21. The molecule has 0 N–H and O–H groups in total. The van der Waals surface area contributed by atoms with Gasteiger partial charge in [-0.3, -0.25) is 9.78 Å². The first kappa shape index (κ1) is 17.2. The molecule has 0 radical (unpaired) electrons.